The first-order valence-corrected chi connectivity index (χ1v) is 8.03. The number of carbonyl (C=O) groups is 3. The van der Waals surface area contributed by atoms with Crippen LogP contribution in [0.4, 0.5) is 5.69 Å². The van der Waals surface area contributed by atoms with E-state index >= 15 is 0 Å². The summed E-state index contributed by atoms with van der Waals surface area (Å²) in [7, 11) is 1.48. The monoisotopic (exact) mass is 371 g/mol. The van der Waals surface area contributed by atoms with Gasteiger partial charge >= 0.3 is 5.97 Å². The van der Waals surface area contributed by atoms with Crippen LogP contribution in [0, 0.1) is 0 Å². The third-order valence-electron chi connectivity index (χ3n) is 3.81. The minimum absolute atomic E-state index is 0.0439. The van der Waals surface area contributed by atoms with Gasteiger partial charge in [-0.15, -0.1) is 0 Å². The number of nitrogens with one attached hydrogen (secondary N) is 1. The number of ketones is 1. The van der Waals surface area contributed by atoms with Crippen LogP contribution in [0.5, 0.6) is 17.2 Å². The van der Waals surface area contributed by atoms with Crippen molar-refractivity contribution in [3.05, 3.63) is 47.5 Å². The van der Waals surface area contributed by atoms with Gasteiger partial charge in [-0.3, -0.25) is 9.59 Å². The standard InChI is InChI=1S/C19H17NO7/c1-11(21)14-7-16-17(27-10-26-16)8-15(14)20-18(22)9-25-19(23)12-4-3-5-13(6-12)24-2/h3-8H,9-10H2,1-2H3,(H,20,22). The average molecular weight is 371 g/mol. The fourth-order valence-electron chi connectivity index (χ4n) is 2.49. The number of methoxy groups -OCH3 is 1. The van der Waals surface area contributed by atoms with Crippen molar-refractivity contribution in [2.24, 2.45) is 0 Å². The van der Waals surface area contributed by atoms with Gasteiger partial charge < -0.3 is 24.3 Å². The highest BCUT2D eigenvalue weighted by Gasteiger charge is 2.21. The first kappa shape index (κ1) is 18.2. The van der Waals surface area contributed by atoms with Gasteiger partial charge in [0.05, 0.1) is 18.4 Å². The van der Waals surface area contributed by atoms with Crippen LogP contribution in [0.15, 0.2) is 36.4 Å². The number of Topliss-reactive ketones (excluding diaryl/α,β-unsaturated/α-hetero) is 1. The number of benzene rings is 2. The van der Waals surface area contributed by atoms with Gasteiger partial charge in [-0.2, -0.15) is 0 Å². The van der Waals surface area contributed by atoms with E-state index in [1.807, 2.05) is 0 Å². The summed E-state index contributed by atoms with van der Waals surface area (Å²) in [6.45, 7) is 0.903. The van der Waals surface area contributed by atoms with E-state index in [-0.39, 0.29) is 29.4 Å². The molecule has 0 bridgehead atoms. The molecule has 1 heterocycles. The van der Waals surface area contributed by atoms with Crippen LogP contribution >= 0.6 is 0 Å². The number of hydrogen-bond acceptors (Lipinski definition) is 7. The Morgan fingerprint density at radius 2 is 1.85 bits per heavy atom. The molecule has 0 spiro atoms. The van der Waals surface area contributed by atoms with Gasteiger partial charge in [0.15, 0.2) is 23.9 Å². The lowest BCUT2D eigenvalue weighted by atomic mass is 10.1. The van der Waals surface area contributed by atoms with E-state index in [0.717, 1.165) is 0 Å². The molecule has 1 aliphatic heterocycles. The van der Waals surface area contributed by atoms with E-state index in [0.29, 0.717) is 17.2 Å². The number of carbonyl (C=O) groups excluding carboxylic acids is 3. The van der Waals surface area contributed by atoms with Gasteiger partial charge in [0, 0.05) is 11.6 Å². The predicted molar refractivity (Wildman–Crippen MR) is 94.5 cm³/mol. The fraction of sp³-hybridized carbons (Fsp3) is 0.211. The van der Waals surface area contributed by atoms with Gasteiger partial charge in [0.1, 0.15) is 5.75 Å². The molecule has 2 aromatic rings. The molecule has 0 saturated heterocycles. The molecule has 1 amide bonds. The highest BCUT2D eigenvalue weighted by atomic mass is 16.7. The van der Waals surface area contributed by atoms with Crippen molar-refractivity contribution in [2.75, 3.05) is 25.8 Å². The third kappa shape index (κ3) is 4.17. The second-order valence-electron chi connectivity index (χ2n) is 5.66. The van der Waals surface area contributed by atoms with E-state index in [2.05, 4.69) is 5.32 Å². The first-order chi connectivity index (χ1) is 13.0. The molecule has 8 heteroatoms. The summed E-state index contributed by atoms with van der Waals surface area (Å²) >= 11 is 0. The Labute approximate surface area is 155 Å². The van der Waals surface area contributed by atoms with Gasteiger partial charge in [-0.25, -0.2) is 4.79 Å². The summed E-state index contributed by atoms with van der Waals surface area (Å²) in [6, 6.07) is 9.39. The quantitative estimate of drug-likeness (QED) is 0.615. The topological polar surface area (TPSA) is 100 Å². The molecule has 2 aromatic carbocycles. The average Bonchev–Trinajstić information content (AvgIpc) is 3.12. The molecule has 1 N–H and O–H groups in total. The molecule has 0 unspecified atom stereocenters. The minimum atomic E-state index is -0.665. The Balaban J connectivity index is 1.66. The number of ether oxygens (including phenoxy) is 4. The molecule has 0 saturated carbocycles. The molecule has 0 fully saturated rings. The van der Waals surface area contributed by atoms with Gasteiger partial charge in [0.2, 0.25) is 6.79 Å². The van der Waals surface area contributed by atoms with Crippen LogP contribution in [0.3, 0.4) is 0 Å². The Kier molecular flexibility index (Phi) is 5.25. The van der Waals surface area contributed by atoms with Crippen molar-refractivity contribution in [1.82, 2.24) is 0 Å². The number of rotatable bonds is 6. The highest BCUT2D eigenvalue weighted by Crippen LogP contribution is 2.37. The summed E-state index contributed by atoms with van der Waals surface area (Å²) in [5.41, 5.74) is 0.788. The van der Waals surface area contributed by atoms with Gasteiger partial charge in [-0.1, -0.05) is 6.07 Å². The van der Waals surface area contributed by atoms with Crippen LogP contribution in [0.2, 0.25) is 0 Å². The molecule has 1 aliphatic rings. The van der Waals surface area contributed by atoms with Crippen LogP contribution in [-0.2, 0) is 9.53 Å². The van der Waals surface area contributed by atoms with Crippen molar-refractivity contribution in [3.63, 3.8) is 0 Å². The van der Waals surface area contributed by atoms with Crippen molar-refractivity contribution in [2.45, 2.75) is 6.92 Å². The number of hydrogen-bond donors (Lipinski definition) is 1. The van der Waals surface area contributed by atoms with Crippen molar-refractivity contribution in [3.8, 4) is 17.2 Å². The predicted octanol–water partition coefficient (Wildman–Crippen LogP) is 2.42. The lowest BCUT2D eigenvalue weighted by molar-refractivity contribution is -0.119. The van der Waals surface area contributed by atoms with Crippen molar-refractivity contribution in [1.29, 1.82) is 0 Å². The minimum Gasteiger partial charge on any atom is -0.497 e. The summed E-state index contributed by atoms with van der Waals surface area (Å²) in [5, 5.41) is 2.55. The molecule has 3 rings (SSSR count). The van der Waals surface area contributed by atoms with E-state index in [4.69, 9.17) is 18.9 Å². The number of anilines is 1. The van der Waals surface area contributed by atoms with E-state index in [1.54, 1.807) is 18.2 Å². The normalized spacial score (nSPS) is 11.6. The number of amides is 1. The maximum Gasteiger partial charge on any atom is 0.338 e. The summed E-state index contributed by atoms with van der Waals surface area (Å²) in [4.78, 5) is 36.0. The fourth-order valence-corrected chi connectivity index (χ4v) is 2.49. The van der Waals surface area contributed by atoms with Crippen LogP contribution < -0.4 is 19.5 Å². The molecule has 0 radical (unpaired) electrons. The van der Waals surface area contributed by atoms with Crippen LogP contribution in [0.25, 0.3) is 0 Å². The Bertz CT molecular complexity index is 907. The van der Waals surface area contributed by atoms with Gasteiger partial charge in [0.25, 0.3) is 5.91 Å². The molecule has 27 heavy (non-hydrogen) atoms. The summed E-state index contributed by atoms with van der Waals surface area (Å²) in [6.07, 6.45) is 0. The highest BCUT2D eigenvalue weighted by molar-refractivity contribution is 6.05. The second-order valence-corrected chi connectivity index (χ2v) is 5.66. The van der Waals surface area contributed by atoms with E-state index in [1.165, 1.54) is 32.2 Å². The zero-order valence-electron chi connectivity index (χ0n) is 14.7. The molecule has 0 aliphatic carbocycles. The molecule has 0 atom stereocenters. The zero-order chi connectivity index (χ0) is 19.4. The number of esters is 1. The summed E-state index contributed by atoms with van der Waals surface area (Å²) in [5.74, 6) is -0.155. The lowest BCUT2D eigenvalue weighted by Crippen LogP contribution is -2.22. The Morgan fingerprint density at radius 1 is 1.11 bits per heavy atom. The van der Waals surface area contributed by atoms with Crippen molar-refractivity contribution < 1.29 is 33.3 Å². The Hall–Kier alpha value is -3.55. The molecular weight excluding hydrogens is 354 g/mol. The number of fused-ring (bicyclic) bond motifs is 1. The smallest absolute Gasteiger partial charge is 0.338 e. The van der Waals surface area contributed by atoms with Crippen LogP contribution in [0.1, 0.15) is 27.6 Å². The third-order valence-corrected chi connectivity index (χ3v) is 3.81. The van der Waals surface area contributed by atoms with Crippen LogP contribution in [-0.4, -0.2) is 38.2 Å². The molecule has 0 aromatic heterocycles. The van der Waals surface area contributed by atoms with Gasteiger partial charge in [-0.05, 0) is 31.2 Å². The second kappa shape index (κ2) is 7.77. The molecular formula is C19H17NO7. The molecule has 140 valence electrons. The maximum absolute atomic E-state index is 12.1. The van der Waals surface area contributed by atoms with Crippen molar-refractivity contribution >= 4 is 23.3 Å². The largest absolute Gasteiger partial charge is 0.497 e. The maximum atomic E-state index is 12.1. The summed E-state index contributed by atoms with van der Waals surface area (Å²) < 4.78 is 20.5. The van der Waals surface area contributed by atoms with E-state index < -0.39 is 18.5 Å². The molecule has 8 nitrogen and oxygen atoms in total. The first-order valence-electron chi connectivity index (χ1n) is 8.03. The van der Waals surface area contributed by atoms with E-state index in [9.17, 15) is 14.4 Å². The Morgan fingerprint density at radius 3 is 2.56 bits per heavy atom. The SMILES string of the molecule is COc1cccc(C(=O)OCC(=O)Nc2cc3c(cc2C(C)=O)OCO3)c1. The zero-order valence-corrected chi connectivity index (χ0v) is 14.7. The lowest BCUT2D eigenvalue weighted by Gasteiger charge is -2.11.